The molecule has 1 N–H and O–H groups in total. The first kappa shape index (κ1) is 10.9. The van der Waals surface area contributed by atoms with E-state index in [2.05, 4.69) is 0 Å². The summed E-state index contributed by atoms with van der Waals surface area (Å²) in [5.41, 5.74) is 0.749. The van der Waals surface area contributed by atoms with E-state index in [0.717, 1.165) is 5.69 Å². The normalized spacial score (nSPS) is 12.6. The van der Waals surface area contributed by atoms with Gasteiger partial charge in [-0.2, -0.15) is 0 Å². The fraction of sp³-hybridized carbons (Fsp3) is 0.400. The Labute approximate surface area is 81.8 Å². The van der Waals surface area contributed by atoms with Crippen molar-refractivity contribution >= 4 is 5.69 Å². The number of halogens is 2. The Bertz CT molecular complexity index is 276. The summed E-state index contributed by atoms with van der Waals surface area (Å²) in [5.74, 6) is -0.312. The van der Waals surface area contributed by atoms with Crippen LogP contribution >= 0.6 is 0 Å². The van der Waals surface area contributed by atoms with Crippen LogP contribution in [0.5, 0.6) is 0 Å². The van der Waals surface area contributed by atoms with Crippen LogP contribution in [0.25, 0.3) is 0 Å². The van der Waals surface area contributed by atoms with E-state index >= 15 is 0 Å². The predicted octanol–water partition coefficient (Wildman–Crippen LogP) is 1.59. The molecule has 0 heterocycles. The summed E-state index contributed by atoms with van der Waals surface area (Å²) in [6.45, 7) is -0.576. The lowest BCUT2D eigenvalue weighted by Gasteiger charge is -2.21. The first-order valence-corrected chi connectivity index (χ1v) is 4.34. The fourth-order valence-electron chi connectivity index (χ4n) is 1.17. The summed E-state index contributed by atoms with van der Waals surface area (Å²) in [4.78, 5) is 1.67. The van der Waals surface area contributed by atoms with Gasteiger partial charge in [-0.05, 0) is 24.3 Å². The van der Waals surface area contributed by atoms with Crippen molar-refractivity contribution in [2.24, 2.45) is 0 Å². The SMILES string of the molecule is CN(CC(O)CF)c1ccc(F)cc1. The van der Waals surface area contributed by atoms with Crippen molar-refractivity contribution in [3.63, 3.8) is 0 Å². The van der Waals surface area contributed by atoms with E-state index in [-0.39, 0.29) is 12.4 Å². The van der Waals surface area contributed by atoms with Crippen LogP contribution in [0.1, 0.15) is 0 Å². The van der Waals surface area contributed by atoms with Crippen molar-refractivity contribution < 1.29 is 13.9 Å². The molecule has 0 aliphatic rings. The summed E-state index contributed by atoms with van der Waals surface area (Å²) >= 11 is 0. The van der Waals surface area contributed by atoms with Gasteiger partial charge in [-0.15, -0.1) is 0 Å². The average Bonchev–Trinajstić information content (AvgIpc) is 2.18. The van der Waals surface area contributed by atoms with Gasteiger partial charge < -0.3 is 10.0 Å². The van der Waals surface area contributed by atoms with Crippen molar-refractivity contribution in [1.29, 1.82) is 0 Å². The van der Waals surface area contributed by atoms with E-state index in [0.29, 0.717) is 0 Å². The molecule has 0 amide bonds. The molecular weight excluding hydrogens is 188 g/mol. The number of rotatable bonds is 4. The van der Waals surface area contributed by atoms with Gasteiger partial charge in [-0.3, -0.25) is 0 Å². The molecule has 0 radical (unpaired) electrons. The van der Waals surface area contributed by atoms with Crippen molar-refractivity contribution in [2.45, 2.75) is 6.10 Å². The maximum atomic E-state index is 12.6. The van der Waals surface area contributed by atoms with Crippen molar-refractivity contribution in [2.75, 3.05) is 25.2 Å². The van der Waals surface area contributed by atoms with Crippen LogP contribution in [-0.4, -0.2) is 31.5 Å². The number of hydrogen-bond acceptors (Lipinski definition) is 2. The van der Waals surface area contributed by atoms with E-state index in [1.54, 1.807) is 24.1 Å². The van der Waals surface area contributed by atoms with E-state index in [9.17, 15) is 8.78 Å². The molecule has 0 spiro atoms. The molecule has 1 unspecified atom stereocenters. The maximum Gasteiger partial charge on any atom is 0.123 e. The van der Waals surface area contributed by atoms with Crippen LogP contribution < -0.4 is 4.90 Å². The third-order valence-electron chi connectivity index (χ3n) is 1.93. The second kappa shape index (κ2) is 4.91. The molecule has 4 heteroatoms. The van der Waals surface area contributed by atoms with Crippen molar-refractivity contribution in [3.05, 3.63) is 30.1 Å². The van der Waals surface area contributed by atoms with Gasteiger partial charge in [0.1, 0.15) is 12.5 Å². The molecule has 1 aromatic carbocycles. The van der Waals surface area contributed by atoms with Crippen LogP contribution in [0, 0.1) is 5.82 Å². The lowest BCUT2D eigenvalue weighted by Crippen LogP contribution is -2.30. The van der Waals surface area contributed by atoms with Crippen LogP contribution in [0.15, 0.2) is 24.3 Å². The van der Waals surface area contributed by atoms with E-state index < -0.39 is 12.8 Å². The fourth-order valence-corrected chi connectivity index (χ4v) is 1.17. The molecule has 78 valence electrons. The first-order valence-electron chi connectivity index (χ1n) is 4.34. The predicted molar refractivity (Wildman–Crippen MR) is 51.7 cm³/mol. The topological polar surface area (TPSA) is 23.5 Å². The summed E-state index contributed by atoms with van der Waals surface area (Å²) in [6, 6.07) is 5.82. The number of aliphatic hydroxyl groups is 1. The number of hydrogen-bond donors (Lipinski definition) is 1. The monoisotopic (exact) mass is 201 g/mol. The summed E-state index contributed by atoms with van der Waals surface area (Å²) in [7, 11) is 1.71. The molecule has 0 saturated heterocycles. The van der Waals surface area contributed by atoms with Gasteiger partial charge in [0.2, 0.25) is 0 Å². The van der Waals surface area contributed by atoms with E-state index in [4.69, 9.17) is 5.11 Å². The van der Waals surface area contributed by atoms with Gasteiger partial charge in [0, 0.05) is 19.3 Å². The first-order chi connectivity index (χ1) is 6.63. The number of anilines is 1. The molecule has 0 aromatic heterocycles. The summed E-state index contributed by atoms with van der Waals surface area (Å²) < 4.78 is 24.5. The summed E-state index contributed by atoms with van der Waals surface area (Å²) in [5, 5.41) is 9.05. The van der Waals surface area contributed by atoms with Gasteiger partial charge in [-0.1, -0.05) is 0 Å². The van der Waals surface area contributed by atoms with Crippen LogP contribution in [0.4, 0.5) is 14.5 Å². The third kappa shape index (κ3) is 2.96. The molecule has 0 bridgehead atoms. The minimum atomic E-state index is -0.995. The lowest BCUT2D eigenvalue weighted by molar-refractivity contribution is 0.146. The Morgan fingerprint density at radius 1 is 1.36 bits per heavy atom. The van der Waals surface area contributed by atoms with Crippen LogP contribution in [-0.2, 0) is 0 Å². The third-order valence-corrected chi connectivity index (χ3v) is 1.93. The van der Waals surface area contributed by atoms with Gasteiger partial charge in [0.05, 0.1) is 6.10 Å². The van der Waals surface area contributed by atoms with Gasteiger partial charge >= 0.3 is 0 Å². The Kier molecular flexibility index (Phi) is 3.83. The zero-order chi connectivity index (χ0) is 10.6. The number of likely N-dealkylation sites (N-methyl/N-ethyl adjacent to an activating group) is 1. The molecule has 1 atom stereocenters. The highest BCUT2D eigenvalue weighted by molar-refractivity contribution is 5.45. The largest absolute Gasteiger partial charge is 0.389 e. The number of alkyl halides is 1. The molecule has 0 aliphatic carbocycles. The van der Waals surface area contributed by atoms with E-state index in [1.165, 1.54) is 12.1 Å². The second-order valence-corrected chi connectivity index (χ2v) is 3.17. The van der Waals surface area contributed by atoms with Gasteiger partial charge in [0.15, 0.2) is 0 Å². The minimum absolute atomic E-state index is 0.197. The van der Waals surface area contributed by atoms with Crippen molar-refractivity contribution in [3.8, 4) is 0 Å². The highest BCUT2D eigenvalue weighted by Gasteiger charge is 2.07. The molecule has 0 aliphatic heterocycles. The highest BCUT2D eigenvalue weighted by atomic mass is 19.1. The molecule has 1 rings (SSSR count). The molecule has 2 nitrogen and oxygen atoms in total. The maximum absolute atomic E-state index is 12.6. The van der Waals surface area contributed by atoms with Gasteiger partial charge in [0.25, 0.3) is 0 Å². The second-order valence-electron chi connectivity index (χ2n) is 3.17. The lowest BCUT2D eigenvalue weighted by atomic mass is 10.2. The Morgan fingerprint density at radius 2 is 1.93 bits per heavy atom. The molecule has 1 aromatic rings. The Hall–Kier alpha value is -1.16. The molecule has 0 saturated carbocycles. The van der Waals surface area contributed by atoms with E-state index in [1.807, 2.05) is 0 Å². The Morgan fingerprint density at radius 3 is 2.43 bits per heavy atom. The average molecular weight is 201 g/mol. The number of aliphatic hydroxyl groups excluding tert-OH is 1. The highest BCUT2D eigenvalue weighted by Crippen LogP contribution is 2.13. The van der Waals surface area contributed by atoms with Crippen molar-refractivity contribution in [1.82, 2.24) is 0 Å². The standard InChI is InChI=1S/C10H13F2NO/c1-13(7-10(14)6-11)9-4-2-8(12)3-5-9/h2-5,10,14H,6-7H2,1H3. The van der Waals surface area contributed by atoms with Crippen LogP contribution in [0.3, 0.4) is 0 Å². The number of nitrogens with zero attached hydrogens (tertiary/aromatic N) is 1. The number of benzene rings is 1. The minimum Gasteiger partial charge on any atom is -0.389 e. The molecule has 0 fully saturated rings. The van der Waals surface area contributed by atoms with Gasteiger partial charge in [-0.25, -0.2) is 8.78 Å². The zero-order valence-electron chi connectivity index (χ0n) is 7.95. The molecule has 14 heavy (non-hydrogen) atoms. The Balaban J connectivity index is 2.60. The van der Waals surface area contributed by atoms with Crippen LogP contribution in [0.2, 0.25) is 0 Å². The molecular formula is C10H13F2NO. The smallest absolute Gasteiger partial charge is 0.123 e. The summed E-state index contributed by atoms with van der Waals surface area (Å²) in [6.07, 6.45) is -0.995. The quantitative estimate of drug-likeness (QED) is 0.799. The zero-order valence-corrected chi connectivity index (χ0v) is 7.95.